The van der Waals surface area contributed by atoms with E-state index in [1.54, 1.807) is 0 Å². The van der Waals surface area contributed by atoms with E-state index in [0.717, 1.165) is 62.6 Å². The highest BCUT2D eigenvalue weighted by Gasteiger charge is 2.34. The summed E-state index contributed by atoms with van der Waals surface area (Å²) in [4.78, 5) is 17.4. The van der Waals surface area contributed by atoms with Gasteiger partial charge in [-0.15, -0.1) is 11.8 Å². The molecule has 41 heavy (non-hydrogen) atoms. The third-order valence-electron chi connectivity index (χ3n) is 6.61. The average Bonchev–Trinajstić information content (AvgIpc) is 2.90. The molecule has 1 heterocycles. The van der Waals surface area contributed by atoms with Crippen LogP contribution in [-0.2, 0) is 27.5 Å². The Bertz CT molecular complexity index is 1510. The Morgan fingerprint density at radius 1 is 1.02 bits per heavy atom. The molecule has 1 saturated carbocycles. The number of alkyl halides is 3. The number of hydrogen-bond acceptors (Lipinski definition) is 5. The van der Waals surface area contributed by atoms with Crippen molar-refractivity contribution in [2.45, 2.75) is 61.0 Å². The molecule has 1 amide bonds. The first-order valence-corrected chi connectivity index (χ1v) is 15.6. The highest BCUT2D eigenvalue weighted by molar-refractivity contribution is 7.99. The fraction of sp³-hybridized carbons (Fsp3) is 0.357. The number of rotatable bonds is 9. The van der Waals surface area contributed by atoms with Crippen molar-refractivity contribution in [1.29, 1.82) is 0 Å². The van der Waals surface area contributed by atoms with Crippen molar-refractivity contribution in [3.63, 3.8) is 0 Å². The van der Waals surface area contributed by atoms with E-state index in [4.69, 9.17) is 0 Å². The van der Waals surface area contributed by atoms with Crippen molar-refractivity contribution in [1.82, 2.24) is 10.3 Å². The lowest BCUT2D eigenvalue weighted by atomic mass is 9.89. The Hall–Kier alpha value is -3.19. The van der Waals surface area contributed by atoms with Gasteiger partial charge in [-0.25, -0.2) is 22.2 Å². The van der Waals surface area contributed by atoms with Crippen LogP contribution in [0.4, 0.5) is 27.6 Å². The summed E-state index contributed by atoms with van der Waals surface area (Å²) in [5, 5.41) is 2.92. The number of carbonyl (C=O) groups is 1. The number of anilines is 1. The van der Waals surface area contributed by atoms with E-state index >= 15 is 0 Å². The van der Waals surface area contributed by atoms with Gasteiger partial charge in [0.05, 0.1) is 17.9 Å². The third kappa shape index (κ3) is 8.19. The number of aromatic nitrogens is 1. The zero-order valence-corrected chi connectivity index (χ0v) is 23.6. The number of halogens is 5. The van der Waals surface area contributed by atoms with E-state index in [1.807, 2.05) is 4.72 Å². The zero-order valence-electron chi connectivity index (χ0n) is 22.0. The van der Waals surface area contributed by atoms with Crippen LogP contribution in [0.15, 0.2) is 59.6 Å². The molecule has 220 valence electrons. The summed E-state index contributed by atoms with van der Waals surface area (Å²) in [7, 11) is -3.78. The molecule has 0 saturated heterocycles. The molecule has 6 nitrogen and oxygen atoms in total. The number of carbonyl (C=O) groups excluding carboxylic acids is 1. The molecular formula is C28H28F5N3O3S2. The summed E-state index contributed by atoms with van der Waals surface area (Å²) < 4.78 is 95.0. The molecule has 1 aliphatic rings. The molecular weight excluding hydrogens is 585 g/mol. The van der Waals surface area contributed by atoms with E-state index in [1.165, 1.54) is 42.1 Å². The molecule has 0 radical (unpaired) electrons. The number of nitrogens with one attached hydrogen (secondary N) is 2. The first-order valence-electron chi connectivity index (χ1n) is 12.8. The van der Waals surface area contributed by atoms with Crippen molar-refractivity contribution in [2.24, 2.45) is 0 Å². The fourth-order valence-electron chi connectivity index (χ4n) is 4.66. The SMILES string of the molecule is CS(=O)(=O)Nc1ccc(C(C(=O)NCc2ccc(C(F)(F)F)nc2SC2CCCCC2)c2ccccc2F)cc1F. The molecule has 0 aliphatic heterocycles. The van der Waals surface area contributed by atoms with E-state index in [-0.39, 0.29) is 33.6 Å². The second kappa shape index (κ2) is 12.8. The Kier molecular flexibility index (Phi) is 9.58. The van der Waals surface area contributed by atoms with Gasteiger partial charge in [0.1, 0.15) is 22.4 Å². The van der Waals surface area contributed by atoms with Gasteiger partial charge in [0.15, 0.2) is 0 Å². The van der Waals surface area contributed by atoms with Crippen LogP contribution >= 0.6 is 11.8 Å². The smallest absolute Gasteiger partial charge is 0.351 e. The van der Waals surface area contributed by atoms with Crippen molar-refractivity contribution < 1.29 is 35.2 Å². The summed E-state index contributed by atoms with van der Waals surface area (Å²) in [5.74, 6) is -3.77. The molecule has 1 atom stereocenters. The van der Waals surface area contributed by atoms with E-state index < -0.39 is 45.4 Å². The van der Waals surface area contributed by atoms with Crippen LogP contribution in [0.25, 0.3) is 0 Å². The second-order valence-electron chi connectivity index (χ2n) is 9.82. The predicted octanol–water partition coefficient (Wildman–Crippen LogP) is 6.62. The Balaban J connectivity index is 1.63. The lowest BCUT2D eigenvalue weighted by Gasteiger charge is -2.23. The highest BCUT2D eigenvalue weighted by atomic mass is 32.2. The fourth-order valence-corrected chi connectivity index (χ4v) is 6.56. The molecule has 3 aromatic rings. The van der Waals surface area contributed by atoms with Gasteiger partial charge in [-0.3, -0.25) is 9.52 Å². The standard InChI is InChI=1S/C28H28F5N3O3S2/c1-41(38,39)36-23-13-11-17(15-22(23)30)25(20-9-5-6-10-21(20)29)26(37)34-16-18-12-14-24(28(31,32)33)35-27(18)40-19-7-3-2-4-8-19/h5-6,9-15,19,25,36H,2-4,7-8,16H2,1H3,(H,34,37). The van der Waals surface area contributed by atoms with Gasteiger partial charge in [0.2, 0.25) is 15.9 Å². The maximum atomic E-state index is 14.8. The van der Waals surface area contributed by atoms with E-state index in [9.17, 15) is 35.2 Å². The van der Waals surface area contributed by atoms with Crippen molar-refractivity contribution in [3.8, 4) is 0 Å². The number of pyridine rings is 1. The maximum Gasteiger partial charge on any atom is 0.433 e. The molecule has 1 aliphatic carbocycles. The lowest BCUT2D eigenvalue weighted by Crippen LogP contribution is -2.30. The molecule has 0 spiro atoms. The summed E-state index contributed by atoms with van der Waals surface area (Å²) in [5.41, 5.74) is -1.02. The second-order valence-corrected chi connectivity index (χ2v) is 12.9. The summed E-state index contributed by atoms with van der Waals surface area (Å²) in [6.45, 7) is -0.194. The van der Waals surface area contributed by atoms with Crippen LogP contribution in [0.5, 0.6) is 0 Å². The Morgan fingerprint density at radius 3 is 2.37 bits per heavy atom. The minimum absolute atomic E-state index is 0.0477. The molecule has 1 fully saturated rings. The monoisotopic (exact) mass is 613 g/mol. The largest absolute Gasteiger partial charge is 0.433 e. The van der Waals surface area contributed by atoms with Crippen molar-refractivity contribution in [3.05, 3.63) is 88.6 Å². The third-order valence-corrected chi connectivity index (χ3v) is 8.59. The van der Waals surface area contributed by atoms with Crippen molar-refractivity contribution >= 4 is 33.4 Å². The lowest BCUT2D eigenvalue weighted by molar-refractivity contribution is -0.141. The van der Waals surface area contributed by atoms with Crippen LogP contribution in [0.2, 0.25) is 0 Å². The van der Waals surface area contributed by atoms with Gasteiger partial charge in [-0.05, 0) is 42.7 Å². The number of benzene rings is 2. The minimum Gasteiger partial charge on any atom is -0.351 e. The quantitative estimate of drug-likeness (QED) is 0.265. The van der Waals surface area contributed by atoms with Gasteiger partial charge >= 0.3 is 6.18 Å². The zero-order chi connectivity index (χ0) is 29.8. The molecule has 1 unspecified atom stereocenters. The number of nitrogens with zero attached hydrogens (tertiary/aromatic N) is 1. The van der Waals surface area contributed by atoms with E-state index in [2.05, 4.69) is 10.3 Å². The van der Waals surface area contributed by atoms with Crippen LogP contribution in [0, 0.1) is 11.6 Å². The van der Waals surface area contributed by atoms with Crippen LogP contribution < -0.4 is 10.0 Å². The van der Waals surface area contributed by atoms with Crippen LogP contribution in [0.1, 0.15) is 60.4 Å². The van der Waals surface area contributed by atoms with Crippen LogP contribution in [-0.4, -0.2) is 30.8 Å². The minimum atomic E-state index is -4.64. The molecule has 1 aromatic heterocycles. The maximum absolute atomic E-state index is 14.8. The molecule has 0 bridgehead atoms. The number of sulfonamides is 1. The Morgan fingerprint density at radius 2 is 1.73 bits per heavy atom. The number of amides is 1. The molecule has 13 heteroatoms. The van der Waals surface area contributed by atoms with Crippen molar-refractivity contribution in [2.75, 3.05) is 11.0 Å². The van der Waals surface area contributed by atoms with Crippen LogP contribution in [0.3, 0.4) is 0 Å². The topological polar surface area (TPSA) is 88.2 Å². The van der Waals surface area contributed by atoms with E-state index in [0.29, 0.717) is 5.56 Å². The van der Waals surface area contributed by atoms with Gasteiger partial charge in [0, 0.05) is 22.9 Å². The molecule has 2 aromatic carbocycles. The predicted molar refractivity (Wildman–Crippen MR) is 147 cm³/mol. The number of thioether (sulfide) groups is 1. The summed E-state index contributed by atoms with van der Waals surface area (Å²) in [6, 6.07) is 10.9. The van der Waals surface area contributed by atoms with Gasteiger partial charge in [-0.2, -0.15) is 13.2 Å². The first kappa shape index (κ1) is 30.8. The van der Waals surface area contributed by atoms with Gasteiger partial charge in [-0.1, -0.05) is 49.6 Å². The number of hydrogen-bond donors (Lipinski definition) is 2. The van der Waals surface area contributed by atoms with Gasteiger partial charge in [0.25, 0.3) is 0 Å². The average molecular weight is 614 g/mol. The highest BCUT2D eigenvalue weighted by Crippen LogP contribution is 2.37. The normalized spacial score (nSPS) is 15.4. The Labute approximate surface area is 239 Å². The summed E-state index contributed by atoms with van der Waals surface area (Å²) in [6.07, 6.45) is 0.928. The first-order chi connectivity index (χ1) is 19.3. The summed E-state index contributed by atoms with van der Waals surface area (Å²) >= 11 is 1.26. The molecule has 4 rings (SSSR count). The van der Waals surface area contributed by atoms with Gasteiger partial charge < -0.3 is 5.32 Å². The molecule has 2 N–H and O–H groups in total.